The number of carbonyl (C=O) groups excluding carboxylic acids is 3. The van der Waals surface area contributed by atoms with Crippen molar-refractivity contribution < 1.29 is 28.6 Å². The number of hydrogen-bond acceptors (Lipinski definition) is 6. The lowest BCUT2D eigenvalue weighted by Gasteiger charge is -2.18. The lowest BCUT2D eigenvalue weighted by atomic mass is 10.1. The third-order valence-corrected chi connectivity index (χ3v) is 10.6. The van der Waals surface area contributed by atoms with Crippen LogP contribution in [-0.2, 0) is 28.6 Å². The Hall–Kier alpha value is -3.67. The average molecular weight is 875 g/mol. The SMILES string of the molecule is CC/C=C\C/C=C\C/C=C\C/C=C\C/C=C\C/C=C\CCC(=O)OCC(COC(=O)CCCCCCCCCCCC)OC(=O)CCCCCCC/C=C\C/C=C\CCCCCC. The van der Waals surface area contributed by atoms with Crippen molar-refractivity contribution in [2.75, 3.05) is 13.2 Å². The zero-order chi connectivity index (χ0) is 45.8. The molecule has 0 amide bonds. The molecule has 0 rings (SSSR count). The van der Waals surface area contributed by atoms with Gasteiger partial charge in [0, 0.05) is 19.3 Å². The molecule has 358 valence electrons. The fraction of sp³-hybridized carbons (Fsp3) is 0.667. The van der Waals surface area contributed by atoms with Gasteiger partial charge >= 0.3 is 17.9 Å². The number of rotatable bonds is 45. The molecular weight excluding hydrogens is 781 g/mol. The molecule has 0 aliphatic heterocycles. The standard InChI is InChI=1S/C57H94O6/c1-4-7-10-13-16-19-22-24-26-28-29-30-32-33-35-38-41-44-47-50-56(59)62-53-54(52-61-55(58)49-46-43-40-37-21-18-15-12-9-6-3)63-57(60)51-48-45-42-39-36-34-31-27-25-23-20-17-14-11-8-5-2/h7,10,16,19-20,23-24,26-27,29-31,33,35,41,44,54H,4-6,8-9,11-15,17-18,21-22,25,28,32,34,36-40,42-43,45-53H2,1-3H3/b10-7-,19-16-,23-20-,26-24-,30-29-,31-27-,35-33-,44-41-. The van der Waals surface area contributed by atoms with E-state index in [1.165, 1.54) is 77.0 Å². The fourth-order valence-electron chi connectivity index (χ4n) is 6.73. The van der Waals surface area contributed by atoms with Gasteiger partial charge in [-0.3, -0.25) is 14.4 Å². The van der Waals surface area contributed by atoms with Crippen molar-refractivity contribution in [3.63, 3.8) is 0 Å². The fourth-order valence-corrected chi connectivity index (χ4v) is 6.73. The lowest BCUT2D eigenvalue weighted by Crippen LogP contribution is -2.30. The summed E-state index contributed by atoms with van der Waals surface area (Å²) in [5.41, 5.74) is 0. The predicted octanol–water partition coefficient (Wildman–Crippen LogP) is 17.0. The summed E-state index contributed by atoms with van der Waals surface area (Å²) in [4.78, 5) is 37.9. The van der Waals surface area contributed by atoms with E-state index in [1.807, 2.05) is 12.2 Å². The van der Waals surface area contributed by atoms with Crippen molar-refractivity contribution in [3.8, 4) is 0 Å². The number of carbonyl (C=O) groups is 3. The Labute approximate surface area is 387 Å². The summed E-state index contributed by atoms with van der Waals surface area (Å²) >= 11 is 0. The Morgan fingerprint density at radius 1 is 0.333 bits per heavy atom. The highest BCUT2D eigenvalue weighted by atomic mass is 16.6. The topological polar surface area (TPSA) is 78.9 Å². The van der Waals surface area contributed by atoms with Crippen molar-refractivity contribution >= 4 is 17.9 Å². The second-order valence-corrected chi connectivity index (χ2v) is 16.7. The second kappa shape index (κ2) is 51.0. The molecule has 6 heteroatoms. The van der Waals surface area contributed by atoms with Crippen molar-refractivity contribution in [1.29, 1.82) is 0 Å². The quantitative estimate of drug-likeness (QED) is 0.0262. The molecule has 0 spiro atoms. The van der Waals surface area contributed by atoms with Gasteiger partial charge in [-0.25, -0.2) is 0 Å². The average Bonchev–Trinajstić information content (AvgIpc) is 3.28. The first-order valence-corrected chi connectivity index (χ1v) is 25.7. The number of unbranched alkanes of at least 4 members (excludes halogenated alkanes) is 18. The first kappa shape index (κ1) is 59.3. The zero-order valence-electron chi connectivity index (χ0n) is 40.8. The molecular formula is C57H94O6. The van der Waals surface area contributed by atoms with E-state index in [1.54, 1.807) is 0 Å². The van der Waals surface area contributed by atoms with E-state index in [-0.39, 0.29) is 37.5 Å². The van der Waals surface area contributed by atoms with Gasteiger partial charge in [0.05, 0.1) is 0 Å². The van der Waals surface area contributed by atoms with E-state index in [0.29, 0.717) is 19.3 Å². The molecule has 1 unspecified atom stereocenters. The smallest absolute Gasteiger partial charge is 0.306 e. The number of esters is 3. The van der Waals surface area contributed by atoms with Crippen LogP contribution >= 0.6 is 0 Å². The van der Waals surface area contributed by atoms with Crippen molar-refractivity contribution in [2.45, 2.75) is 232 Å². The van der Waals surface area contributed by atoms with Gasteiger partial charge in [-0.1, -0.05) is 214 Å². The summed E-state index contributed by atoms with van der Waals surface area (Å²) in [5, 5.41) is 0. The molecule has 1 atom stereocenters. The first-order valence-electron chi connectivity index (χ1n) is 25.7. The minimum atomic E-state index is -0.813. The van der Waals surface area contributed by atoms with Crippen LogP contribution in [0.1, 0.15) is 226 Å². The van der Waals surface area contributed by atoms with Crippen LogP contribution in [0.15, 0.2) is 97.2 Å². The van der Waals surface area contributed by atoms with Crippen molar-refractivity contribution in [1.82, 2.24) is 0 Å². The van der Waals surface area contributed by atoms with Crippen LogP contribution in [0, 0.1) is 0 Å². The van der Waals surface area contributed by atoms with Gasteiger partial charge in [-0.15, -0.1) is 0 Å². The maximum Gasteiger partial charge on any atom is 0.306 e. The molecule has 0 saturated carbocycles. The van der Waals surface area contributed by atoms with E-state index < -0.39 is 6.10 Å². The minimum Gasteiger partial charge on any atom is -0.462 e. The van der Waals surface area contributed by atoms with Crippen LogP contribution in [0.5, 0.6) is 0 Å². The Balaban J connectivity index is 4.50. The predicted molar refractivity (Wildman–Crippen MR) is 270 cm³/mol. The largest absolute Gasteiger partial charge is 0.462 e. The van der Waals surface area contributed by atoms with Gasteiger partial charge < -0.3 is 14.2 Å². The molecule has 63 heavy (non-hydrogen) atoms. The highest BCUT2D eigenvalue weighted by Crippen LogP contribution is 2.13. The summed E-state index contributed by atoms with van der Waals surface area (Å²) < 4.78 is 16.7. The molecule has 0 bridgehead atoms. The zero-order valence-corrected chi connectivity index (χ0v) is 40.8. The number of allylic oxidation sites excluding steroid dienone is 16. The normalized spacial score (nSPS) is 12.9. The van der Waals surface area contributed by atoms with Crippen LogP contribution in [-0.4, -0.2) is 37.2 Å². The monoisotopic (exact) mass is 875 g/mol. The van der Waals surface area contributed by atoms with E-state index in [2.05, 4.69) is 106 Å². The van der Waals surface area contributed by atoms with E-state index in [9.17, 15) is 14.4 Å². The third-order valence-electron chi connectivity index (χ3n) is 10.6. The Morgan fingerprint density at radius 2 is 0.651 bits per heavy atom. The van der Waals surface area contributed by atoms with Gasteiger partial charge in [-0.2, -0.15) is 0 Å². The van der Waals surface area contributed by atoms with E-state index in [4.69, 9.17) is 14.2 Å². The molecule has 0 N–H and O–H groups in total. The summed E-state index contributed by atoms with van der Waals surface area (Å²) in [5.74, 6) is -1.01. The van der Waals surface area contributed by atoms with Gasteiger partial charge in [-0.05, 0) is 89.9 Å². The minimum absolute atomic E-state index is 0.106. The number of ether oxygens (including phenoxy) is 3. The number of hydrogen-bond donors (Lipinski definition) is 0. The Morgan fingerprint density at radius 3 is 1.08 bits per heavy atom. The third kappa shape index (κ3) is 49.2. The molecule has 0 aromatic carbocycles. The Bertz CT molecular complexity index is 1280. The van der Waals surface area contributed by atoms with Crippen LogP contribution in [0.25, 0.3) is 0 Å². The molecule has 0 aromatic rings. The second-order valence-electron chi connectivity index (χ2n) is 16.7. The maximum atomic E-state index is 12.8. The molecule has 0 aromatic heterocycles. The van der Waals surface area contributed by atoms with Gasteiger partial charge in [0.1, 0.15) is 13.2 Å². The summed E-state index contributed by atoms with van der Waals surface area (Å²) in [6.45, 7) is 6.41. The molecule has 0 radical (unpaired) electrons. The van der Waals surface area contributed by atoms with Crippen LogP contribution in [0.3, 0.4) is 0 Å². The molecule has 0 fully saturated rings. The summed E-state index contributed by atoms with van der Waals surface area (Å²) in [6, 6.07) is 0. The molecule has 0 aliphatic rings. The Kier molecular flexibility index (Phi) is 48.0. The van der Waals surface area contributed by atoms with Crippen molar-refractivity contribution in [2.24, 2.45) is 0 Å². The van der Waals surface area contributed by atoms with E-state index in [0.717, 1.165) is 103 Å². The van der Waals surface area contributed by atoms with E-state index >= 15 is 0 Å². The highest BCUT2D eigenvalue weighted by Gasteiger charge is 2.19. The van der Waals surface area contributed by atoms with Gasteiger partial charge in [0.2, 0.25) is 0 Å². The van der Waals surface area contributed by atoms with Crippen LogP contribution < -0.4 is 0 Å². The molecule has 0 heterocycles. The van der Waals surface area contributed by atoms with Crippen LogP contribution in [0.4, 0.5) is 0 Å². The summed E-state index contributed by atoms with van der Waals surface area (Å²) in [7, 11) is 0. The van der Waals surface area contributed by atoms with Crippen molar-refractivity contribution in [3.05, 3.63) is 97.2 Å². The molecule has 6 nitrogen and oxygen atoms in total. The van der Waals surface area contributed by atoms with Gasteiger partial charge in [0.25, 0.3) is 0 Å². The molecule has 0 aliphatic carbocycles. The lowest BCUT2D eigenvalue weighted by molar-refractivity contribution is -0.166. The first-order chi connectivity index (χ1) is 31.0. The molecule has 0 saturated heterocycles. The summed E-state index contributed by atoms with van der Waals surface area (Å²) in [6.07, 6.45) is 66.9. The highest BCUT2D eigenvalue weighted by molar-refractivity contribution is 5.71. The van der Waals surface area contributed by atoms with Crippen LogP contribution in [0.2, 0.25) is 0 Å². The maximum absolute atomic E-state index is 12.8. The van der Waals surface area contributed by atoms with Gasteiger partial charge in [0.15, 0.2) is 6.10 Å².